The van der Waals surface area contributed by atoms with Crippen molar-refractivity contribution in [3.8, 4) is 0 Å². The van der Waals surface area contributed by atoms with E-state index in [1.807, 2.05) is 12.1 Å². The fourth-order valence-electron chi connectivity index (χ4n) is 0.866. The average molecular weight is 232 g/mol. The highest BCUT2D eigenvalue weighted by atomic mass is 79.9. The quantitative estimate of drug-likeness (QED) is 0.863. The first kappa shape index (κ1) is 9.81. The van der Waals surface area contributed by atoms with Crippen molar-refractivity contribution < 1.29 is 4.42 Å². The van der Waals surface area contributed by atoms with Gasteiger partial charge in [-0.25, -0.2) is 0 Å². The van der Waals surface area contributed by atoms with Crippen LogP contribution >= 0.6 is 15.9 Å². The van der Waals surface area contributed by atoms with Gasteiger partial charge in [-0.3, -0.25) is 0 Å². The Balaban J connectivity index is 2.33. The standard InChI is InChI=1S/C9H14BrNO/c1-3-7(2)11-6-8-4-5-9(10)12-8/h4-5,7,11H,3,6H2,1-2H3. The monoisotopic (exact) mass is 231 g/mol. The molecule has 0 saturated heterocycles. The van der Waals surface area contributed by atoms with E-state index in [-0.39, 0.29) is 0 Å². The maximum atomic E-state index is 5.33. The normalized spacial score (nSPS) is 13.2. The maximum absolute atomic E-state index is 5.33. The van der Waals surface area contributed by atoms with Gasteiger partial charge in [0, 0.05) is 6.04 Å². The van der Waals surface area contributed by atoms with E-state index in [1.54, 1.807) is 0 Å². The molecular formula is C9H14BrNO. The Morgan fingerprint density at radius 2 is 2.33 bits per heavy atom. The van der Waals surface area contributed by atoms with Gasteiger partial charge in [0.15, 0.2) is 4.67 Å². The Morgan fingerprint density at radius 1 is 1.58 bits per heavy atom. The van der Waals surface area contributed by atoms with Gasteiger partial charge in [-0.2, -0.15) is 0 Å². The SMILES string of the molecule is CCC(C)NCc1ccc(Br)o1. The van der Waals surface area contributed by atoms with Gasteiger partial charge in [-0.1, -0.05) is 6.92 Å². The van der Waals surface area contributed by atoms with Crippen molar-refractivity contribution in [2.24, 2.45) is 0 Å². The summed E-state index contributed by atoms with van der Waals surface area (Å²) in [6, 6.07) is 4.43. The van der Waals surface area contributed by atoms with Crippen LogP contribution in [0.3, 0.4) is 0 Å². The molecule has 1 aromatic rings. The second-order valence-corrected chi connectivity index (χ2v) is 3.68. The van der Waals surface area contributed by atoms with Crippen LogP contribution in [0.2, 0.25) is 0 Å². The largest absolute Gasteiger partial charge is 0.453 e. The summed E-state index contributed by atoms with van der Waals surface area (Å²) in [5, 5.41) is 3.35. The van der Waals surface area contributed by atoms with E-state index in [4.69, 9.17) is 4.42 Å². The number of nitrogens with one attached hydrogen (secondary N) is 1. The van der Waals surface area contributed by atoms with Crippen molar-refractivity contribution in [1.29, 1.82) is 0 Å². The second-order valence-electron chi connectivity index (χ2n) is 2.90. The van der Waals surface area contributed by atoms with Gasteiger partial charge in [-0.15, -0.1) is 0 Å². The molecule has 0 amide bonds. The Morgan fingerprint density at radius 3 is 2.83 bits per heavy atom. The molecule has 12 heavy (non-hydrogen) atoms. The van der Waals surface area contributed by atoms with Crippen LogP contribution in [0, 0.1) is 0 Å². The molecule has 0 radical (unpaired) electrons. The molecular weight excluding hydrogens is 218 g/mol. The summed E-state index contributed by atoms with van der Waals surface area (Å²) in [5.74, 6) is 0.974. The zero-order valence-corrected chi connectivity index (χ0v) is 9.02. The Kier molecular flexibility index (Phi) is 3.82. The lowest BCUT2D eigenvalue weighted by Gasteiger charge is -2.08. The van der Waals surface area contributed by atoms with Crippen LogP contribution < -0.4 is 5.32 Å². The van der Waals surface area contributed by atoms with E-state index in [9.17, 15) is 0 Å². The topological polar surface area (TPSA) is 25.2 Å². The molecule has 0 spiro atoms. The molecule has 0 aliphatic rings. The average Bonchev–Trinajstić information content (AvgIpc) is 2.47. The van der Waals surface area contributed by atoms with Gasteiger partial charge in [-0.05, 0) is 41.4 Å². The summed E-state index contributed by atoms with van der Waals surface area (Å²) in [6.45, 7) is 5.13. The first-order valence-electron chi connectivity index (χ1n) is 4.20. The van der Waals surface area contributed by atoms with Crippen molar-refractivity contribution in [3.05, 3.63) is 22.6 Å². The Bertz CT molecular complexity index is 234. The third-order valence-electron chi connectivity index (χ3n) is 1.87. The molecule has 1 unspecified atom stereocenters. The number of halogens is 1. The minimum absolute atomic E-state index is 0.550. The van der Waals surface area contributed by atoms with Crippen LogP contribution in [0.25, 0.3) is 0 Å². The van der Waals surface area contributed by atoms with Crippen LogP contribution in [0.1, 0.15) is 26.0 Å². The van der Waals surface area contributed by atoms with Crippen molar-refractivity contribution in [3.63, 3.8) is 0 Å². The van der Waals surface area contributed by atoms with Crippen molar-refractivity contribution in [2.45, 2.75) is 32.9 Å². The molecule has 0 aliphatic heterocycles. The molecule has 1 atom stereocenters. The molecule has 0 aromatic carbocycles. The van der Waals surface area contributed by atoms with Crippen molar-refractivity contribution in [1.82, 2.24) is 5.32 Å². The molecule has 0 bridgehead atoms. The van der Waals surface area contributed by atoms with Crippen LogP contribution in [-0.2, 0) is 6.54 Å². The van der Waals surface area contributed by atoms with E-state index < -0.39 is 0 Å². The predicted molar refractivity (Wildman–Crippen MR) is 53.0 cm³/mol. The lowest BCUT2D eigenvalue weighted by molar-refractivity contribution is 0.438. The number of rotatable bonds is 4. The van der Waals surface area contributed by atoms with Gasteiger partial charge in [0.25, 0.3) is 0 Å². The molecule has 3 heteroatoms. The van der Waals surface area contributed by atoms with Crippen LogP contribution in [0.4, 0.5) is 0 Å². The summed E-state index contributed by atoms with van der Waals surface area (Å²) >= 11 is 3.26. The minimum Gasteiger partial charge on any atom is -0.453 e. The highest BCUT2D eigenvalue weighted by Gasteiger charge is 2.01. The molecule has 1 N–H and O–H groups in total. The maximum Gasteiger partial charge on any atom is 0.169 e. The summed E-state index contributed by atoms with van der Waals surface area (Å²) in [4.78, 5) is 0. The first-order chi connectivity index (χ1) is 5.72. The lowest BCUT2D eigenvalue weighted by atomic mass is 10.2. The zero-order valence-electron chi connectivity index (χ0n) is 7.43. The highest BCUT2D eigenvalue weighted by molar-refractivity contribution is 9.10. The van der Waals surface area contributed by atoms with Crippen LogP contribution in [0.15, 0.2) is 21.2 Å². The van der Waals surface area contributed by atoms with Gasteiger partial charge in [0.2, 0.25) is 0 Å². The third kappa shape index (κ3) is 2.99. The van der Waals surface area contributed by atoms with Gasteiger partial charge in [0.05, 0.1) is 6.54 Å². The molecule has 1 rings (SSSR count). The van der Waals surface area contributed by atoms with E-state index in [0.29, 0.717) is 6.04 Å². The third-order valence-corrected chi connectivity index (χ3v) is 2.29. The zero-order chi connectivity index (χ0) is 8.97. The molecule has 0 fully saturated rings. The number of hydrogen-bond donors (Lipinski definition) is 1. The van der Waals surface area contributed by atoms with Crippen LogP contribution in [0.5, 0.6) is 0 Å². The van der Waals surface area contributed by atoms with E-state index >= 15 is 0 Å². The van der Waals surface area contributed by atoms with E-state index in [2.05, 4.69) is 35.1 Å². The van der Waals surface area contributed by atoms with Crippen molar-refractivity contribution >= 4 is 15.9 Å². The predicted octanol–water partition coefficient (Wildman–Crippen LogP) is 2.93. The minimum atomic E-state index is 0.550. The summed E-state index contributed by atoms with van der Waals surface area (Å²) in [7, 11) is 0. The van der Waals surface area contributed by atoms with Crippen molar-refractivity contribution in [2.75, 3.05) is 0 Å². The summed E-state index contributed by atoms with van der Waals surface area (Å²) in [5.41, 5.74) is 0. The van der Waals surface area contributed by atoms with E-state index in [0.717, 1.165) is 23.4 Å². The molecule has 68 valence electrons. The van der Waals surface area contributed by atoms with Gasteiger partial charge >= 0.3 is 0 Å². The fourth-order valence-corrected chi connectivity index (χ4v) is 1.21. The smallest absolute Gasteiger partial charge is 0.169 e. The van der Waals surface area contributed by atoms with E-state index in [1.165, 1.54) is 0 Å². The molecule has 0 saturated carbocycles. The molecule has 1 heterocycles. The van der Waals surface area contributed by atoms with Gasteiger partial charge in [0.1, 0.15) is 5.76 Å². The Labute approximate surface area is 81.5 Å². The fraction of sp³-hybridized carbons (Fsp3) is 0.556. The molecule has 0 aliphatic carbocycles. The Hall–Kier alpha value is -0.280. The number of furan rings is 1. The van der Waals surface area contributed by atoms with Gasteiger partial charge < -0.3 is 9.73 Å². The summed E-state index contributed by atoms with van der Waals surface area (Å²) in [6.07, 6.45) is 1.14. The number of hydrogen-bond acceptors (Lipinski definition) is 2. The first-order valence-corrected chi connectivity index (χ1v) is 4.99. The molecule has 1 aromatic heterocycles. The van der Waals surface area contributed by atoms with Crippen LogP contribution in [-0.4, -0.2) is 6.04 Å². The highest BCUT2D eigenvalue weighted by Crippen LogP contribution is 2.13. The lowest BCUT2D eigenvalue weighted by Crippen LogP contribution is -2.24. The second kappa shape index (κ2) is 4.67. The summed E-state index contributed by atoms with van der Waals surface area (Å²) < 4.78 is 6.13. The molecule has 2 nitrogen and oxygen atoms in total.